The molecular weight excluding hydrogens is 703 g/mol. The normalized spacial score (nSPS) is 11.9. The number of nitrogens with zero attached hydrogens (tertiary/aromatic N) is 1. The lowest BCUT2D eigenvalue weighted by atomic mass is 9.96. The Balaban J connectivity index is 0.927. The molecule has 0 N–H and O–H groups in total. The van der Waals surface area contributed by atoms with E-state index in [9.17, 15) is 0 Å². The van der Waals surface area contributed by atoms with Gasteiger partial charge in [0.1, 0.15) is 22.3 Å². The number of furan rings is 2. The van der Waals surface area contributed by atoms with Crippen molar-refractivity contribution in [3.63, 3.8) is 0 Å². The highest BCUT2D eigenvalue weighted by molar-refractivity contribution is 7.26. The van der Waals surface area contributed by atoms with Crippen molar-refractivity contribution < 1.29 is 8.83 Å². The zero-order valence-electron chi connectivity index (χ0n) is 30.1. The van der Waals surface area contributed by atoms with E-state index in [4.69, 9.17) is 8.83 Å². The smallest absolute Gasteiger partial charge is 0.144 e. The van der Waals surface area contributed by atoms with Crippen LogP contribution in [0.25, 0.3) is 97.1 Å². The number of benzene rings is 9. The summed E-state index contributed by atoms with van der Waals surface area (Å²) in [5.74, 6) is 0. The number of para-hydroxylation sites is 2. The summed E-state index contributed by atoms with van der Waals surface area (Å²) in [6, 6.07) is 67.0. The Morgan fingerprint density at radius 2 is 1.02 bits per heavy atom. The summed E-state index contributed by atoms with van der Waals surface area (Å²) in [7, 11) is 0. The highest BCUT2D eigenvalue weighted by Crippen LogP contribution is 2.47. The van der Waals surface area contributed by atoms with Crippen LogP contribution in [0.15, 0.2) is 197 Å². The second-order valence-electron chi connectivity index (χ2n) is 14.4. The van der Waals surface area contributed by atoms with Crippen LogP contribution in [0.3, 0.4) is 0 Å². The van der Waals surface area contributed by atoms with Gasteiger partial charge >= 0.3 is 0 Å². The molecule has 0 amide bonds. The van der Waals surface area contributed by atoms with E-state index in [0.717, 1.165) is 77.8 Å². The van der Waals surface area contributed by atoms with E-state index >= 15 is 0 Å². The van der Waals surface area contributed by atoms with Gasteiger partial charge in [-0.1, -0.05) is 121 Å². The van der Waals surface area contributed by atoms with E-state index < -0.39 is 0 Å². The molecule has 3 nitrogen and oxygen atoms in total. The molecule has 12 aromatic rings. The van der Waals surface area contributed by atoms with Crippen molar-refractivity contribution in [1.29, 1.82) is 0 Å². The quantitative estimate of drug-likeness (QED) is 0.176. The van der Waals surface area contributed by atoms with Gasteiger partial charge in [0.25, 0.3) is 0 Å². The van der Waals surface area contributed by atoms with Gasteiger partial charge in [-0.05, 0) is 88.1 Å². The molecule has 0 atom stereocenters. The lowest BCUT2D eigenvalue weighted by Gasteiger charge is -2.25. The molecule has 0 saturated carbocycles. The van der Waals surface area contributed by atoms with Crippen molar-refractivity contribution in [2.24, 2.45) is 0 Å². The van der Waals surface area contributed by atoms with Crippen LogP contribution in [0.4, 0.5) is 17.1 Å². The Morgan fingerprint density at radius 3 is 1.86 bits per heavy atom. The van der Waals surface area contributed by atoms with Gasteiger partial charge in [0.2, 0.25) is 0 Å². The maximum Gasteiger partial charge on any atom is 0.144 e. The molecule has 0 unspecified atom stereocenters. The average molecular weight is 734 g/mol. The molecule has 4 heteroatoms. The fraction of sp³-hybridized carbons (Fsp3) is 0. The van der Waals surface area contributed by atoms with Crippen molar-refractivity contribution in [3.05, 3.63) is 188 Å². The fourth-order valence-electron chi connectivity index (χ4n) is 8.62. The number of thiophene rings is 1. The van der Waals surface area contributed by atoms with Crippen LogP contribution in [-0.2, 0) is 0 Å². The number of hydrogen-bond acceptors (Lipinski definition) is 4. The van der Waals surface area contributed by atoms with Crippen molar-refractivity contribution in [1.82, 2.24) is 0 Å². The maximum absolute atomic E-state index is 6.62. The summed E-state index contributed by atoms with van der Waals surface area (Å²) in [6.45, 7) is 0. The maximum atomic E-state index is 6.62. The van der Waals surface area contributed by atoms with Crippen LogP contribution in [0.1, 0.15) is 0 Å². The van der Waals surface area contributed by atoms with Crippen LogP contribution in [0, 0.1) is 0 Å². The van der Waals surface area contributed by atoms with Gasteiger partial charge in [-0.3, -0.25) is 0 Å². The topological polar surface area (TPSA) is 29.5 Å². The van der Waals surface area contributed by atoms with Crippen LogP contribution in [-0.4, -0.2) is 0 Å². The third kappa shape index (κ3) is 4.76. The Kier molecular flexibility index (Phi) is 6.80. The lowest BCUT2D eigenvalue weighted by molar-refractivity contribution is 0.669. The highest BCUT2D eigenvalue weighted by atomic mass is 32.1. The Morgan fingerprint density at radius 1 is 0.375 bits per heavy atom. The van der Waals surface area contributed by atoms with Crippen LogP contribution < -0.4 is 4.90 Å². The zero-order valence-corrected chi connectivity index (χ0v) is 30.9. The highest BCUT2D eigenvalue weighted by Gasteiger charge is 2.20. The largest absolute Gasteiger partial charge is 0.456 e. The number of hydrogen-bond donors (Lipinski definition) is 0. The molecule has 9 aromatic carbocycles. The molecule has 0 aliphatic carbocycles. The number of anilines is 3. The van der Waals surface area contributed by atoms with E-state index in [0.29, 0.717) is 0 Å². The van der Waals surface area contributed by atoms with Gasteiger partial charge < -0.3 is 13.7 Å². The van der Waals surface area contributed by atoms with E-state index in [1.54, 1.807) is 0 Å². The molecule has 0 spiro atoms. The summed E-state index contributed by atoms with van der Waals surface area (Å²) < 4.78 is 15.7. The monoisotopic (exact) mass is 733 g/mol. The molecule has 0 aliphatic heterocycles. The third-order valence-corrected chi connectivity index (χ3v) is 12.5. The number of rotatable bonds is 5. The minimum Gasteiger partial charge on any atom is -0.456 e. The van der Waals surface area contributed by atoms with Gasteiger partial charge in [0.05, 0.1) is 0 Å². The molecule has 262 valence electrons. The third-order valence-electron chi connectivity index (χ3n) is 11.3. The minimum absolute atomic E-state index is 0.873. The van der Waals surface area contributed by atoms with Gasteiger partial charge in [-0.2, -0.15) is 0 Å². The van der Waals surface area contributed by atoms with E-state index in [-0.39, 0.29) is 0 Å². The van der Waals surface area contributed by atoms with Crippen molar-refractivity contribution in [3.8, 4) is 22.3 Å². The van der Waals surface area contributed by atoms with E-state index in [1.807, 2.05) is 17.4 Å². The van der Waals surface area contributed by atoms with Crippen molar-refractivity contribution in [2.75, 3.05) is 4.90 Å². The fourth-order valence-corrected chi connectivity index (χ4v) is 9.86. The molecule has 3 aromatic heterocycles. The van der Waals surface area contributed by atoms with E-state index in [1.165, 1.54) is 36.3 Å². The Hall–Kier alpha value is -7.14. The van der Waals surface area contributed by atoms with Crippen molar-refractivity contribution >= 4 is 103 Å². The standard InChI is InChI=1S/C52H31NO2S/c1-2-11-36(12-3-1)53(38-27-28-42-47(30-38)54-46-29-24-34-10-4-5-13-39(34)49(42)46)37-25-22-33(23-26-37)32-18-20-35(21-19-32)43-31-44-40-14-7-9-17-48(40)56-52(44)50-41-15-6-8-16-45(41)55-51(43)50/h1-31H. The number of fused-ring (bicyclic) bond motifs is 12. The van der Waals surface area contributed by atoms with Gasteiger partial charge in [0, 0.05) is 70.4 Å². The average Bonchev–Trinajstić information content (AvgIpc) is 3.95. The predicted molar refractivity (Wildman–Crippen MR) is 237 cm³/mol. The lowest BCUT2D eigenvalue weighted by Crippen LogP contribution is -2.09. The Labute approximate surface area is 325 Å². The molecule has 0 radical (unpaired) electrons. The first kappa shape index (κ1) is 31.2. The van der Waals surface area contributed by atoms with E-state index in [2.05, 4.69) is 187 Å². The second-order valence-corrected chi connectivity index (χ2v) is 15.5. The molecule has 12 rings (SSSR count). The Bertz CT molecular complexity index is 3460. The molecule has 0 saturated heterocycles. The summed E-state index contributed by atoms with van der Waals surface area (Å²) in [5.41, 5.74) is 11.4. The molecule has 0 bridgehead atoms. The van der Waals surface area contributed by atoms with Gasteiger partial charge in [-0.25, -0.2) is 0 Å². The molecule has 0 fully saturated rings. The molecule has 56 heavy (non-hydrogen) atoms. The van der Waals surface area contributed by atoms with Gasteiger partial charge in [-0.15, -0.1) is 11.3 Å². The van der Waals surface area contributed by atoms with Crippen LogP contribution in [0.5, 0.6) is 0 Å². The summed E-state index contributed by atoms with van der Waals surface area (Å²) in [5, 5.41) is 9.62. The summed E-state index contributed by atoms with van der Waals surface area (Å²) >= 11 is 1.85. The second kappa shape index (κ2) is 12.2. The minimum atomic E-state index is 0.873. The molecule has 0 aliphatic rings. The SMILES string of the molecule is c1ccc(N(c2ccc(-c3ccc(-c4cc5c6ccccc6sc5c5c4oc4ccccc45)cc3)cc2)c2ccc3c(c2)oc2ccc4ccccc4c23)cc1. The zero-order chi connectivity index (χ0) is 36.7. The summed E-state index contributed by atoms with van der Waals surface area (Å²) in [4.78, 5) is 2.29. The first-order valence-electron chi connectivity index (χ1n) is 18.9. The molecular formula is C52H31NO2S. The predicted octanol–water partition coefficient (Wildman–Crippen LogP) is 15.8. The van der Waals surface area contributed by atoms with Crippen LogP contribution in [0.2, 0.25) is 0 Å². The summed E-state index contributed by atoms with van der Waals surface area (Å²) in [6.07, 6.45) is 0. The first-order chi connectivity index (χ1) is 27.7. The van der Waals surface area contributed by atoms with Gasteiger partial charge in [0.15, 0.2) is 0 Å². The van der Waals surface area contributed by atoms with Crippen molar-refractivity contribution in [2.45, 2.75) is 0 Å². The molecule has 3 heterocycles. The first-order valence-corrected chi connectivity index (χ1v) is 19.7. The van der Waals surface area contributed by atoms with Crippen LogP contribution >= 0.6 is 11.3 Å².